The van der Waals surface area contributed by atoms with Crippen LogP contribution >= 0.6 is 11.8 Å². The van der Waals surface area contributed by atoms with Gasteiger partial charge in [-0.15, -0.1) is 11.8 Å². The number of benzene rings is 3. The summed E-state index contributed by atoms with van der Waals surface area (Å²) in [5.41, 5.74) is 1.75. The van der Waals surface area contributed by atoms with Crippen LogP contribution in [-0.2, 0) is 15.7 Å². The summed E-state index contributed by atoms with van der Waals surface area (Å²) < 4.78 is 63.5. The minimum atomic E-state index is -4.41. The topological polar surface area (TPSA) is 35.5 Å². The van der Waals surface area contributed by atoms with Gasteiger partial charge in [0.25, 0.3) is 0 Å². The maximum Gasteiger partial charge on any atom is 0.416 e. The third kappa shape index (κ3) is 6.53. The molecule has 0 aromatic heterocycles. The van der Waals surface area contributed by atoms with E-state index in [-0.39, 0.29) is 24.3 Å². The Bertz CT molecular complexity index is 1140. The van der Waals surface area contributed by atoms with E-state index in [9.17, 15) is 22.4 Å². The van der Waals surface area contributed by atoms with Gasteiger partial charge in [-0.2, -0.15) is 13.2 Å². The van der Waals surface area contributed by atoms with Crippen LogP contribution in [-0.4, -0.2) is 19.2 Å². The molecule has 8 heteroatoms. The van der Waals surface area contributed by atoms with Gasteiger partial charge in [-0.25, -0.2) is 9.18 Å². The Labute approximate surface area is 200 Å². The first-order chi connectivity index (χ1) is 16.1. The molecule has 0 fully saturated rings. The summed E-state index contributed by atoms with van der Waals surface area (Å²) in [6.07, 6.45) is -4.41. The fraction of sp³-hybridized carbons (Fsp3) is 0.269. The second kappa shape index (κ2) is 11.0. The smallest absolute Gasteiger partial charge is 0.416 e. The quantitative estimate of drug-likeness (QED) is 0.184. The highest BCUT2D eigenvalue weighted by Gasteiger charge is 2.30. The van der Waals surface area contributed by atoms with E-state index in [1.165, 1.54) is 30.0 Å². The number of thioether (sulfide) groups is 1. The van der Waals surface area contributed by atoms with Gasteiger partial charge in [0.15, 0.2) is 6.61 Å². The van der Waals surface area contributed by atoms with Crippen LogP contribution in [0.25, 0.3) is 11.1 Å². The molecule has 0 bridgehead atoms. The van der Waals surface area contributed by atoms with Crippen LogP contribution in [0, 0.1) is 12.7 Å². The van der Waals surface area contributed by atoms with Gasteiger partial charge >= 0.3 is 12.1 Å². The first-order valence-corrected chi connectivity index (χ1v) is 11.5. The minimum absolute atomic E-state index is 0.181. The number of carbonyl (C=O) groups is 1. The van der Waals surface area contributed by atoms with E-state index in [1.807, 2.05) is 26.0 Å². The summed E-state index contributed by atoms with van der Waals surface area (Å²) >= 11 is 1.44. The molecule has 180 valence electrons. The molecule has 0 saturated carbocycles. The molecule has 3 rings (SSSR count). The van der Waals surface area contributed by atoms with E-state index >= 15 is 0 Å². The second-order valence-electron chi connectivity index (χ2n) is 7.59. The molecule has 1 atom stereocenters. The molecular formula is C26H24F4O3S. The van der Waals surface area contributed by atoms with Crippen LogP contribution in [0.3, 0.4) is 0 Å². The summed E-state index contributed by atoms with van der Waals surface area (Å²) in [6, 6.07) is 14.8. The first-order valence-electron chi connectivity index (χ1n) is 10.6. The van der Waals surface area contributed by atoms with Gasteiger partial charge in [-0.05, 0) is 79.9 Å². The standard InChI is InChI=1S/C26H24F4O3S/c1-4-32-25(31)15-33-24-12-10-21(13-16(24)2)34-17(3)22-14-19(7-11-23(22)27)18-5-8-20(9-6-18)26(28,29)30/h5-14,17H,4,15H2,1-3H3. The molecule has 3 nitrogen and oxygen atoms in total. The highest BCUT2D eigenvalue weighted by atomic mass is 32.2. The molecule has 0 saturated heterocycles. The molecule has 0 spiro atoms. The Morgan fingerprint density at radius 3 is 2.29 bits per heavy atom. The second-order valence-corrected chi connectivity index (χ2v) is 9.01. The lowest BCUT2D eigenvalue weighted by Crippen LogP contribution is -2.14. The molecule has 0 aliphatic heterocycles. The lowest BCUT2D eigenvalue weighted by atomic mass is 10.0. The average Bonchev–Trinajstić information content (AvgIpc) is 2.78. The molecule has 0 radical (unpaired) electrons. The van der Waals surface area contributed by atoms with Crippen molar-refractivity contribution >= 4 is 17.7 Å². The van der Waals surface area contributed by atoms with Gasteiger partial charge < -0.3 is 9.47 Å². The molecule has 0 aliphatic rings. The van der Waals surface area contributed by atoms with E-state index in [0.717, 1.165) is 22.6 Å². The number of aryl methyl sites for hydroxylation is 1. The van der Waals surface area contributed by atoms with Gasteiger partial charge in [-0.1, -0.05) is 18.2 Å². The van der Waals surface area contributed by atoms with Crippen LogP contribution < -0.4 is 4.74 Å². The molecule has 3 aromatic carbocycles. The first kappa shape index (κ1) is 25.6. The Kier molecular flexibility index (Phi) is 8.25. The van der Waals surface area contributed by atoms with Crippen molar-refractivity contribution in [1.29, 1.82) is 0 Å². The number of ether oxygens (including phenoxy) is 2. The number of esters is 1. The zero-order valence-electron chi connectivity index (χ0n) is 18.9. The molecule has 0 aliphatic carbocycles. The zero-order chi connectivity index (χ0) is 24.9. The fourth-order valence-corrected chi connectivity index (χ4v) is 4.46. The van der Waals surface area contributed by atoms with Crippen LogP contribution in [0.1, 0.15) is 35.8 Å². The van der Waals surface area contributed by atoms with Crippen molar-refractivity contribution in [1.82, 2.24) is 0 Å². The zero-order valence-corrected chi connectivity index (χ0v) is 19.7. The van der Waals surface area contributed by atoms with Gasteiger partial charge in [-0.3, -0.25) is 0 Å². The highest BCUT2D eigenvalue weighted by Crippen LogP contribution is 2.39. The summed E-state index contributed by atoms with van der Waals surface area (Å²) in [4.78, 5) is 12.4. The van der Waals surface area contributed by atoms with Gasteiger partial charge in [0, 0.05) is 15.7 Å². The number of hydrogen-bond acceptors (Lipinski definition) is 4. The number of hydrogen-bond donors (Lipinski definition) is 0. The predicted molar refractivity (Wildman–Crippen MR) is 124 cm³/mol. The molecule has 3 aromatic rings. The van der Waals surface area contributed by atoms with Crippen molar-refractivity contribution in [2.24, 2.45) is 0 Å². The average molecular weight is 493 g/mol. The molecule has 1 unspecified atom stereocenters. The lowest BCUT2D eigenvalue weighted by Gasteiger charge is -2.16. The Morgan fingerprint density at radius 2 is 1.68 bits per heavy atom. The summed E-state index contributed by atoms with van der Waals surface area (Å²) in [5.74, 6) is -0.278. The fourth-order valence-electron chi connectivity index (χ4n) is 3.35. The van der Waals surface area contributed by atoms with Crippen molar-refractivity contribution in [3.63, 3.8) is 0 Å². The Balaban J connectivity index is 1.74. The minimum Gasteiger partial charge on any atom is -0.482 e. The van der Waals surface area contributed by atoms with Gasteiger partial charge in [0.1, 0.15) is 11.6 Å². The third-order valence-corrected chi connectivity index (χ3v) is 6.22. The third-order valence-electron chi connectivity index (χ3n) is 5.09. The lowest BCUT2D eigenvalue weighted by molar-refractivity contribution is -0.145. The SMILES string of the molecule is CCOC(=O)COc1ccc(SC(C)c2cc(-c3ccc(C(F)(F)F)cc3)ccc2F)cc1C. The highest BCUT2D eigenvalue weighted by molar-refractivity contribution is 7.99. The van der Waals surface area contributed by atoms with Crippen LogP contribution in [0.5, 0.6) is 5.75 Å². The largest absolute Gasteiger partial charge is 0.482 e. The summed E-state index contributed by atoms with van der Waals surface area (Å²) in [5, 5.41) is -0.264. The van der Waals surface area contributed by atoms with Gasteiger partial charge in [0.05, 0.1) is 12.2 Å². The van der Waals surface area contributed by atoms with E-state index < -0.39 is 17.7 Å². The molecule has 0 amide bonds. The maximum atomic E-state index is 14.6. The Morgan fingerprint density at radius 1 is 1.00 bits per heavy atom. The molecule has 34 heavy (non-hydrogen) atoms. The molecular weight excluding hydrogens is 468 g/mol. The normalized spacial score (nSPS) is 12.3. The number of carbonyl (C=O) groups excluding carboxylic acids is 1. The van der Waals surface area contributed by atoms with Gasteiger partial charge in [0.2, 0.25) is 0 Å². The number of rotatable bonds is 8. The molecule has 0 N–H and O–H groups in total. The summed E-state index contributed by atoms with van der Waals surface area (Å²) in [7, 11) is 0. The van der Waals surface area contributed by atoms with E-state index in [0.29, 0.717) is 22.4 Å². The van der Waals surface area contributed by atoms with Crippen LogP contribution in [0.4, 0.5) is 17.6 Å². The monoisotopic (exact) mass is 492 g/mol. The maximum absolute atomic E-state index is 14.6. The summed E-state index contributed by atoms with van der Waals surface area (Å²) in [6.45, 7) is 5.53. The Hall–Kier alpha value is -3.00. The van der Waals surface area contributed by atoms with Crippen molar-refractivity contribution < 1.29 is 31.8 Å². The molecule has 0 heterocycles. The van der Waals surface area contributed by atoms with Crippen molar-refractivity contribution in [3.8, 4) is 16.9 Å². The number of halogens is 4. The van der Waals surface area contributed by atoms with E-state index in [2.05, 4.69) is 0 Å². The van der Waals surface area contributed by atoms with Crippen molar-refractivity contribution in [2.45, 2.75) is 37.1 Å². The number of alkyl halides is 3. The van der Waals surface area contributed by atoms with E-state index in [1.54, 1.807) is 25.1 Å². The predicted octanol–water partition coefficient (Wildman–Crippen LogP) is 7.62. The van der Waals surface area contributed by atoms with E-state index in [4.69, 9.17) is 9.47 Å². The van der Waals surface area contributed by atoms with Crippen molar-refractivity contribution in [3.05, 3.63) is 83.2 Å². The van der Waals surface area contributed by atoms with Crippen LogP contribution in [0.2, 0.25) is 0 Å². The van der Waals surface area contributed by atoms with Crippen LogP contribution in [0.15, 0.2) is 65.6 Å². The van der Waals surface area contributed by atoms with Crippen molar-refractivity contribution in [2.75, 3.05) is 13.2 Å².